The van der Waals surface area contributed by atoms with E-state index >= 15 is 0 Å². The maximum Gasteiger partial charge on any atom is 0.159 e. The highest BCUT2D eigenvalue weighted by atomic mass is 16.3. The van der Waals surface area contributed by atoms with Gasteiger partial charge in [0.25, 0.3) is 0 Å². The molecule has 0 saturated carbocycles. The molecule has 10 aromatic carbocycles. The van der Waals surface area contributed by atoms with Crippen molar-refractivity contribution >= 4 is 93.4 Å². The van der Waals surface area contributed by atoms with Crippen molar-refractivity contribution in [3.8, 4) is 22.5 Å². The standard InChI is InChI=1S/C58H37N3O/c1-2-13-42(14-3-1)60-54-22-10-6-17-48(54)51-37-41(28-34-55(51)60)38-25-26-40-36-45(29-27-39(40)35-38)59(56-23-12-19-50-49-18-7-11-24-57(49)62-58(50)56)43-30-32-44(33-31-43)61-52-20-8-4-15-46(52)47-16-5-9-21-53(47)61/h1-37H. The second-order valence-electron chi connectivity index (χ2n) is 16.1. The molecule has 0 aliphatic heterocycles. The Morgan fingerprint density at radius 1 is 0.323 bits per heavy atom. The summed E-state index contributed by atoms with van der Waals surface area (Å²) in [6.07, 6.45) is 0. The van der Waals surface area contributed by atoms with Crippen LogP contribution in [0.15, 0.2) is 229 Å². The van der Waals surface area contributed by atoms with Gasteiger partial charge in [0, 0.05) is 55.1 Å². The van der Waals surface area contributed by atoms with E-state index in [1.165, 1.54) is 60.1 Å². The van der Waals surface area contributed by atoms with E-state index in [4.69, 9.17) is 4.42 Å². The lowest BCUT2D eigenvalue weighted by atomic mass is 9.99. The minimum Gasteiger partial charge on any atom is -0.454 e. The lowest BCUT2D eigenvalue weighted by Crippen LogP contribution is -2.10. The highest BCUT2D eigenvalue weighted by Crippen LogP contribution is 2.44. The van der Waals surface area contributed by atoms with Crippen LogP contribution in [0, 0.1) is 0 Å². The third-order valence-corrected chi connectivity index (χ3v) is 12.7. The molecular formula is C58H37N3O. The summed E-state index contributed by atoms with van der Waals surface area (Å²) in [5, 5.41) is 9.55. The van der Waals surface area contributed by atoms with E-state index in [-0.39, 0.29) is 0 Å². The SMILES string of the molecule is c1ccc(-n2c3ccccc3c3cc(-c4ccc5cc(N(c6ccc(-n7c8ccccc8c8ccccc87)cc6)c6cccc7c6oc6ccccc67)ccc5c4)ccc32)cc1. The van der Waals surface area contributed by atoms with E-state index in [0.717, 1.165) is 55.8 Å². The Hall–Kier alpha value is -8.34. The van der Waals surface area contributed by atoms with Gasteiger partial charge in [0.1, 0.15) is 5.58 Å². The molecule has 62 heavy (non-hydrogen) atoms. The third-order valence-electron chi connectivity index (χ3n) is 12.7. The van der Waals surface area contributed by atoms with Crippen molar-refractivity contribution in [2.75, 3.05) is 4.90 Å². The van der Waals surface area contributed by atoms with Crippen molar-refractivity contribution < 1.29 is 4.42 Å². The number of para-hydroxylation sites is 6. The number of hydrogen-bond acceptors (Lipinski definition) is 2. The van der Waals surface area contributed by atoms with Gasteiger partial charge in [0.2, 0.25) is 0 Å². The number of fused-ring (bicyclic) bond motifs is 10. The third kappa shape index (κ3) is 5.27. The van der Waals surface area contributed by atoms with Gasteiger partial charge in [-0.2, -0.15) is 0 Å². The highest BCUT2D eigenvalue weighted by Gasteiger charge is 2.21. The zero-order valence-electron chi connectivity index (χ0n) is 33.6. The average Bonchev–Trinajstić information content (AvgIpc) is 4.00. The number of furan rings is 1. The van der Waals surface area contributed by atoms with Crippen LogP contribution < -0.4 is 4.90 Å². The summed E-state index contributed by atoms with van der Waals surface area (Å²) in [5.41, 5.74) is 14.3. The molecule has 0 aliphatic carbocycles. The summed E-state index contributed by atoms with van der Waals surface area (Å²) in [7, 11) is 0. The summed E-state index contributed by atoms with van der Waals surface area (Å²) in [6.45, 7) is 0. The number of nitrogens with zero attached hydrogens (tertiary/aromatic N) is 3. The van der Waals surface area contributed by atoms with Crippen molar-refractivity contribution in [1.82, 2.24) is 9.13 Å². The van der Waals surface area contributed by atoms with E-state index in [9.17, 15) is 0 Å². The second-order valence-corrected chi connectivity index (χ2v) is 16.1. The molecule has 0 atom stereocenters. The fraction of sp³-hybridized carbons (Fsp3) is 0. The fourth-order valence-corrected chi connectivity index (χ4v) is 9.85. The van der Waals surface area contributed by atoms with Gasteiger partial charge in [0.15, 0.2) is 5.58 Å². The molecule has 0 fully saturated rings. The van der Waals surface area contributed by atoms with Crippen molar-refractivity contribution in [1.29, 1.82) is 0 Å². The van der Waals surface area contributed by atoms with E-state index in [0.29, 0.717) is 0 Å². The monoisotopic (exact) mass is 791 g/mol. The number of rotatable bonds is 6. The summed E-state index contributed by atoms with van der Waals surface area (Å²) in [5.74, 6) is 0. The summed E-state index contributed by atoms with van der Waals surface area (Å²) in [6, 6.07) is 80.9. The Morgan fingerprint density at radius 2 is 0.839 bits per heavy atom. The van der Waals surface area contributed by atoms with Gasteiger partial charge < -0.3 is 18.5 Å². The largest absolute Gasteiger partial charge is 0.454 e. The van der Waals surface area contributed by atoms with Gasteiger partial charge in [-0.15, -0.1) is 0 Å². The molecule has 0 aliphatic rings. The van der Waals surface area contributed by atoms with Crippen LogP contribution in [0.1, 0.15) is 0 Å². The molecule has 290 valence electrons. The molecule has 13 rings (SSSR count). The molecule has 4 heteroatoms. The van der Waals surface area contributed by atoms with E-state index in [2.05, 4.69) is 232 Å². The molecule has 0 saturated heterocycles. The predicted octanol–water partition coefficient (Wildman–Crippen LogP) is 16.1. The Bertz CT molecular complexity index is 3820. The molecular weight excluding hydrogens is 755 g/mol. The average molecular weight is 792 g/mol. The number of benzene rings is 10. The van der Waals surface area contributed by atoms with E-state index in [1.807, 2.05) is 6.07 Å². The van der Waals surface area contributed by atoms with Crippen molar-refractivity contribution in [3.63, 3.8) is 0 Å². The van der Waals surface area contributed by atoms with Crippen LogP contribution in [0.3, 0.4) is 0 Å². The first-order chi connectivity index (χ1) is 30.7. The molecule has 0 N–H and O–H groups in total. The second kappa shape index (κ2) is 13.6. The Labute approximate surface area is 357 Å². The molecule has 4 nitrogen and oxygen atoms in total. The molecule has 0 unspecified atom stereocenters. The van der Waals surface area contributed by atoms with Gasteiger partial charge in [-0.25, -0.2) is 0 Å². The van der Waals surface area contributed by atoms with Crippen LogP contribution >= 0.6 is 0 Å². The van der Waals surface area contributed by atoms with Gasteiger partial charge in [-0.1, -0.05) is 127 Å². The normalized spacial score (nSPS) is 11.9. The number of aromatic nitrogens is 2. The summed E-state index contributed by atoms with van der Waals surface area (Å²) >= 11 is 0. The van der Waals surface area contributed by atoms with Gasteiger partial charge in [-0.05, 0) is 119 Å². The topological polar surface area (TPSA) is 26.2 Å². The minimum atomic E-state index is 0.861. The molecule has 13 aromatic rings. The molecule has 3 heterocycles. The zero-order valence-corrected chi connectivity index (χ0v) is 33.6. The van der Waals surface area contributed by atoms with Gasteiger partial charge >= 0.3 is 0 Å². The zero-order chi connectivity index (χ0) is 40.7. The lowest BCUT2D eigenvalue weighted by Gasteiger charge is -2.26. The van der Waals surface area contributed by atoms with Crippen LogP contribution in [-0.2, 0) is 0 Å². The maximum absolute atomic E-state index is 6.68. The highest BCUT2D eigenvalue weighted by molar-refractivity contribution is 6.12. The molecule has 0 amide bonds. The van der Waals surface area contributed by atoms with Crippen molar-refractivity contribution in [2.45, 2.75) is 0 Å². The van der Waals surface area contributed by atoms with Crippen LogP contribution in [0.2, 0.25) is 0 Å². The number of hydrogen-bond donors (Lipinski definition) is 0. The summed E-state index contributed by atoms with van der Waals surface area (Å²) in [4.78, 5) is 2.34. The Balaban J connectivity index is 0.937. The number of anilines is 3. The first-order valence-corrected chi connectivity index (χ1v) is 21.2. The van der Waals surface area contributed by atoms with E-state index in [1.54, 1.807) is 0 Å². The molecule has 0 spiro atoms. The van der Waals surface area contributed by atoms with Crippen LogP contribution in [0.4, 0.5) is 17.1 Å². The van der Waals surface area contributed by atoms with Crippen LogP contribution in [0.5, 0.6) is 0 Å². The van der Waals surface area contributed by atoms with Crippen molar-refractivity contribution in [2.24, 2.45) is 0 Å². The predicted molar refractivity (Wildman–Crippen MR) is 260 cm³/mol. The van der Waals surface area contributed by atoms with Crippen LogP contribution in [-0.4, -0.2) is 9.13 Å². The Kier molecular flexibility index (Phi) is 7.57. The van der Waals surface area contributed by atoms with Crippen LogP contribution in [0.25, 0.3) is 98.8 Å². The van der Waals surface area contributed by atoms with Gasteiger partial charge in [0.05, 0.1) is 27.8 Å². The first-order valence-electron chi connectivity index (χ1n) is 21.2. The lowest BCUT2D eigenvalue weighted by molar-refractivity contribution is 0.669. The first kappa shape index (κ1) is 34.5. The molecule has 3 aromatic heterocycles. The minimum absolute atomic E-state index is 0.861. The quantitative estimate of drug-likeness (QED) is 0.168. The smallest absolute Gasteiger partial charge is 0.159 e. The van der Waals surface area contributed by atoms with Gasteiger partial charge in [-0.3, -0.25) is 0 Å². The summed E-state index contributed by atoms with van der Waals surface area (Å²) < 4.78 is 11.4. The maximum atomic E-state index is 6.68. The fourth-order valence-electron chi connectivity index (χ4n) is 9.85. The van der Waals surface area contributed by atoms with E-state index < -0.39 is 0 Å². The van der Waals surface area contributed by atoms with Crippen molar-refractivity contribution in [3.05, 3.63) is 224 Å². The Morgan fingerprint density at radius 3 is 1.56 bits per heavy atom. The molecule has 0 bridgehead atoms. The molecule has 0 radical (unpaired) electrons.